The van der Waals surface area contributed by atoms with Crippen LogP contribution >= 0.6 is 11.3 Å². The molecule has 0 bridgehead atoms. The highest BCUT2D eigenvalue weighted by Crippen LogP contribution is 2.23. The van der Waals surface area contributed by atoms with Crippen LogP contribution in [0.15, 0.2) is 60.0 Å². The van der Waals surface area contributed by atoms with Gasteiger partial charge in [0.05, 0.1) is 12.1 Å². The summed E-state index contributed by atoms with van der Waals surface area (Å²) in [7, 11) is 0. The molecule has 1 aliphatic rings. The highest BCUT2D eigenvalue weighted by atomic mass is 32.1. The molecule has 0 spiro atoms. The first-order chi connectivity index (χ1) is 14.7. The average Bonchev–Trinajstić information content (AvgIpc) is 3.27. The van der Waals surface area contributed by atoms with Crippen LogP contribution in [0, 0.1) is 0 Å². The van der Waals surface area contributed by atoms with Crippen molar-refractivity contribution >= 4 is 23.2 Å². The molecule has 0 atom stereocenters. The first-order valence-corrected chi connectivity index (χ1v) is 11.2. The van der Waals surface area contributed by atoms with E-state index in [9.17, 15) is 9.59 Å². The van der Waals surface area contributed by atoms with Gasteiger partial charge in [-0.3, -0.25) is 9.59 Å². The molecule has 6 heteroatoms. The quantitative estimate of drug-likeness (QED) is 0.648. The van der Waals surface area contributed by atoms with E-state index < -0.39 is 0 Å². The van der Waals surface area contributed by atoms with Gasteiger partial charge in [0.15, 0.2) is 0 Å². The number of carbonyl (C=O) groups is 2. The fourth-order valence-corrected chi connectivity index (χ4v) is 4.40. The molecule has 1 aromatic heterocycles. The Bertz CT molecular complexity index is 993. The number of thiazole rings is 1. The van der Waals surface area contributed by atoms with Crippen LogP contribution in [0.25, 0.3) is 10.6 Å². The van der Waals surface area contributed by atoms with Crippen LogP contribution in [0.2, 0.25) is 0 Å². The van der Waals surface area contributed by atoms with E-state index in [-0.39, 0.29) is 18.2 Å². The number of aromatic nitrogens is 1. The zero-order chi connectivity index (χ0) is 20.8. The van der Waals surface area contributed by atoms with Gasteiger partial charge >= 0.3 is 0 Å². The fraction of sp³-hybridized carbons (Fsp3) is 0.292. The van der Waals surface area contributed by atoms with E-state index in [0.717, 1.165) is 47.8 Å². The molecule has 5 nitrogen and oxygen atoms in total. The molecule has 0 radical (unpaired) electrons. The van der Waals surface area contributed by atoms with Crippen molar-refractivity contribution in [2.45, 2.75) is 32.2 Å². The van der Waals surface area contributed by atoms with Gasteiger partial charge in [0, 0.05) is 36.1 Å². The highest BCUT2D eigenvalue weighted by Gasteiger charge is 2.18. The molecule has 0 saturated carbocycles. The minimum absolute atomic E-state index is 0.0617. The Morgan fingerprint density at radius 1 is 0.967 bits per heavy atom. The molecule has 1 aliphatic heterocycles. The normalized spacial score (nSPS) is 13.8. The molecular formula is C24H25N3O2S. The summed E-state index contributed by atoms with van der Waals surface area (Å²) in [6.45, 7) is 2.13. The van der Waals surface area contributed by atoms with E-state index in [4.69, 9.17) is 0 Å². The van der Waals surface area contributed by atoms with E-state index in [1.807, 2.05) is 64.9 Å². The number of hydrogen-bond donors (Lipinski definition) is 1. The van der Waals surface area contributed by atoms with Crippen LogP contribution in [0.5, 0.6) is 0 Å². The van der Waals surface area contributed by atoms with Gasteiger partial charge in [-0.25, -0.2) is 4.98 Å². The maximum atomic E-state index is 12.5. The van der Waals surface area contributed by atoms with Gasteiger partial charge < -0.3 is 10.2 Å². The van der Waals surface area contributed by atoms with Gasteiger partial charge in [-0.05, 0) is 37.0 Å². The van der Waals surface area contributed by atoms with Crippen LogP contribution in [0.1, 0.15) is 40.9 Å². The zero-order valence-electron chi connectivity index (χ0n) is 16.8. The average molecular weight is 420 g/mol. The van der Waals surface area contributed by atoms with Gasteiger partial charge in [0.1, 0.15) is 5.01 Å². The molecule has 30 heavy (non-hydrogen) atoms. The Morgan fingerprint density at radius 2 is 1.70 bits per heavy atom. The molecule has 2 aromatic carbocycles. The third kappa shape index (κ3) is 5.13. The van der Waals surface area contributed by atoms with E-state index in [0.29, 0.717) is 12.1 Å². The van der Waals surface area contributed by atoms with Crippen LogP contribution in [0.4, 0.5) is 0 Å². The summed E-state index contributed by atoms with van der Waals surface area (Å²) in [4.78, 5) is 31.3. The summed E-state index contributed by atoms with van der Waals surface area (Å²) in [5, 5.41) is 5.80. The van der Waals surface area contributed by atoms with Crippen molar-refractivity contribution in [2.24, 2.45) is 0 Å². The second-order valence-corrected chi connectivity index (χ2v) is 8.37. The lowest BCUT2D eigenvalue weighted by molar-refractivity contribution is -0.120. The Labute approximate surface area is 180 Å². The van der Waals surface area contributed by atoms with Crippen molar-refractivity contribution in [1.29, 1.82) is 0 Å². The summed E-state index contributed by atoms with van der Waals surface area (Å²) in [5.74, 6) is 0.0384. The Morgan fingerprint density at radius 3 is 2.43 bits per heavy atom. The second kappa shape index (κ2) is 9.67. The molecule has 1 N–H and O–H groups in total. The Hall–Kier alpha value is -2.99. The topological polar surface area (TPSA) is 62.3 Å². The van der Waals surface area contributed by atoms with Crippen molar-refractivity contribution < 1.29 is 9.59 Å². The maximum absolute atomic E-state index is 12.5. The first-order valence-electron chi connectivity index (χ1n) is 10.3. The molecule has 0 unspecified atom stereocenters. The number of rotatable bonds is 6. The molecular weight excluding hydrogens is 394 g/mol. The summed E-state index contributed by atoms with van der Waals surface area (Å²) in [5.41, 5.74) is 3.52. The van der Waals surface area contributed by atoms with Gasteiger partial charge in [-0.2, -0.15) is 0 Å². The molecule has 4 rings (SSSR count). The van der Waals surface area contributed by atoms with E-state index >= 15 is 0 Å². The first kappa shape index (κ1) is 20.3. The Balaban J connectivity index is 1.28. The maximum Gasteiger partial charge on any atom is 0.253 e. The van der Waals surface area contributed by atoms with Gasteiger partial charge in [0.25, 0.3) is 5.91 Å². The number of carbonyl (C=O) groups excluding carboxylic acids is 2. The lowest BCUT2D eigenvalue weighted by atomic mass is 10.1. The number of piperidine rings is 1. The number of nitrogens with one attached hydrogen (secondary N) is 1. The predicted molar refractivity (Wildman–Crippen MR) is 119 cm³/mol. The SMILES string of the molecule is O=C(Cc1csc(-c2ccccc2)n1)NCc1ccc(C(=O)N2CCCCC2)cc1. The summed E-state index contributed by atoms with van der Waals surface area (Å²) in [6, 6.07) is 17.5. The largest absolute Gasteiger partial charge is 0.352 e. The van der Waals surface area contributed by atoms with Gasteiger partial charge in [-0.1, -0.05) is 42.5 Å². The molecule has 2 amide bonds. The molecule has 154 valence electrons. The van der Waals surface area contributed by atoms with E-state index in [2.05, 4.69) is 10.3 Å². The summed E-state index contributed by atoms with van der Waals surface area (Å²) < 4.78 is 0. The number of amides is 2. The zero-order valence-corrected chi connectivity index (χ0v) is 17.7. The number of nitrogens with zero attached hydrogens (tertiary/aromatic N) is 2. The standard InChI is InChI=1S/C24H25N3O2S/c28-22(15-21-17-30-23(26-21)19-7-3-1-4-8-19)25-16-18-9-11-20(12-10-18)24(29)27-13-5-2-6-14-27/h1,3-4,7-12,17H,2,5-6,13-16H2,(H,25,28). The van der Waals surface area contributed by atoms with Crippen molar-refractivity contribution in [1.82, 2.24) is 15.2 Å². The van der Waals surface area contributed by atoms with Crippen LogP contribution in [0.3, 0.4) is 0 Å². The summed E-state index contributed by atoms with van der Waals surface area (Å²) in [6.07, 6.45) is 3.63. The van der Waals surface area contributed by atoms with Crippen LogP contribution < -0.4 is 5.32 Å². The second-order valence-electron chi connectivity index (χ2n) is 7.51. The molecule has 1 saturated heterocycles. The van der Waals surface area contributed by atoms with E-state index in [1.165, 1.54) is 6.42 Å². The van der Waals surface area contributed by atoms with Gasteiger partial charge in [0.2, 0.25) is 5.91 Å². The number of benzene rings is 2. The minimum atomic E-state index is -0.0617. The molecule has 1 fully saturated rings. The van der Waals surface area contributed by atoms with Crippen molar-refractivity contribution in [2.75, 3.05) is 13.1 Å². The number of hydrogen-bond acceptors (Lipinski definition) is 4. The van der Waals surface area contributed by atoms with Crippen LogP contribution in [-0.4, -0.2) is 34.8 Å². The predicted octanol–water partition coefficient (Wildman–Crippen LogP) is 4.30. The van der Waals surface area contributed by atoms with Gasteiger partial charge in [-0.15, -0.1) is 11.3 Å². The van der Waals surface area contributed by atoms with E-state index in [1.54, 1.807) is 11.3 Å². The van der Waals surface area contributed by atoms with Crippen molar-refractivity contribution in [3.63, 3.8) is 0 Å². The molecule has 3 aromatic rings. The Kier molecular flexibility index (Phi) is 6.54. The van der Waals surface area contributed by atoms with Crippen LogP contribution in [-0.2, 0) is 17.8 Å². The minimum Gasteiger partial charge on any atom is -0.352 e. The van der Waals surface area contributed by atoms with Crippen molar-refractivity contribution in [3.8, 4) is 10.6 Å². The molecule has 0 aliphatic carbocycles. The third-order valence-corrected chi connectivity index (χ3v) is 6.19. The smallest absolute Gasteiger partial charge is 0.253 e. The van der Waals surface area contributed by atoms with Crippen molar-refractivity contribution in [3.05, 3.63) is 76.8 Å². The lowest BCUT2D eigenvalue weighted by Crippen LogP contribution is -2.35. The fourth-order valence-electron chi connectivity index (χ4n) is 3.57. The monoisotopic (exact) mass is 419 g/mol. The molecule has 2 heterocycles. The third-order valence-electron chi connectivity index (χ3n) is 5.25. The number of likely N-dealkylation sites (tertiary alicyclic amines) is 1. The highest BCUT2D eigenvalue weighted by molar-refractivity contribution is 7.13. The summed E-state index contributed by atoms with van der Waals surface area (Å²) >= 11 is 1.55. The lowest BCUT2D eigenvalue weighted by Gasteiger charge is -2.26.